The largest absolute Gasteiger partial charge is 0.466 e. The molecule has 2 N–H and O–H groups in total. The van der Waals surface area contributed by atoms with Crippen LogP contribution in [0.5, 0.6) is 0 Å². The van der Waals surface area contributed by atoms with Crippen molar-refractivity contribution in [1.29, 1.82) is 0 Å². The Hall–Kier alpha value is -2.47. The molecule has 0 fully saturated rings. The normalized spacial score (nSPS) is 10.7. The Morgan fingerprint density at radius 3 is 2.39 bits per heavy atom. The minimum Gasteiger partial charge on any atom is -0.466 e. The van der Waals surface area contributed by atoms with Crippen molar-refractivity contribution in [3.63, 3.8) is 0 Å². The third kappa shape index (κ3) is 4.75. The topological polar surface area (TPSA) is 71.3 Å². The van der Waals surface area contributed by atoms with E-state index in [0.717, 1.165) is 10.5 Å². The van der Waals surface area contributed by atoms with Crippen molar-refractivity contribution in [3.05, 3.63) is 59.1 Å². The van der Waals surface area contributed by atoms with Crippen LogP contribution in [0.2, 0.25) is 0 Å². The molecule has 1 aromatic heterocycles. The highest BCUT2D eigenvalue weighted by Crippen LogP contribution is 2.15. The number of aryl methyl sites for hydroxylation is 2. The molecular formula is C17H18N2O3S. The molecule has 0 aliphatic heterocycles. The molecule has 5 nitrogen and oxygen atoms in total. The molecule has 0 aliphatic rings. The van der Waals surface area contributed by atoms with Crippen LogP contribution in [-0.2, 0) is 4.79 Å². The predicted molar refractivity (Wildman–Crippen MR) is 91.0 cm³/mol. The van der Waals surface area contributed by atoms with Crippen molar-refractivity contribution in [2.24, 2.45) is 0 Å². The number of carbonyl (C=O) groups excluding carboxylic acids is 2. The standard InChI is InChI=1S/C17H18N2O3S/c1-11-10-15(12(2)22-11)17(21)19-18-16(20)9-6-13-4-7-14(23-3)8-5-13/h4-10H,1-3H3,(H,18,20)(H,19,21). The van der Waals surface area contributed by atoms with E-state index in [2.05, 4.69) is 10.9 Å². The molecule has 0 aliphatic carbocycles. The first-order chi connectivity index (χ1) is 11.0. The van der Waals surface area contributed by atoms with Gasteiger partial charge in [0.2, 0.25) is 0 Å². The molecule has 6 heteroatoms. The van der Waals surface area contributed by atoms with E-state index in [1.165, 1.54) is 6.08 Å². The van der Waals surface area contributed by atoms with E-state index >= 15 is 0 Å². The maximum Gasteiger partial charge on any atom is 0.273 e. The van der Waals surface area contributed by atoms with Crippen molar-refractivity contribution in [1.82, 2.24) is 10.9 Å². The first kappa shape index (κ1) is 16.9. The summed E-state index contributed by atoms with van der Waals surface area (Å²) in [6, 6.07) is 9.43. The Labute approximate surface area is 139 Å². The number of thioether (sulfide) groups is 1. The van der Waals surface area contributed by atoms with Gasteiger partial charge in [-0.15, -0.1) is 11.8 Å². The number of carbonyl (C=O) groups is 2. The van der Waals surface area contributed by atoms with E-state index in [4.69, 9.17) is 4.42 Å². The number of furan rings is 1. The number of amides is 2. The molecule has 0 radical (unpaired) electrons. The fourth-order valence-electron chi connectivity index (χ4n) is 1.97. The van der Waals surface area contributed by atoms with Crippen LogP contribution in [0.15, 0.2) is 45.7 Å². The molecular weight excluding hydrogens is 312 g/mol. The average molecular weight is 330 g/mol. The zero-order valence-electron chi connectivity index (χ0n) is 13.2. The number of benzene rings is 1. The number of hydrazine groups is 1. The van der Waals surface area contributed by atoms with Gasteiger partial charge in [-0.2, -0.15) is 0 Å². The van der Waals surface area contributed by atoms with Gasteiger partial charge in [-0.05, 0) is 49.9 Å². The van der Waals surface area contributed by atoms with Gasteiger partial charge in [0, 0.05) is 11.0 Å². The van der Waals surface area contributed by atoms with Crippen molar-refractivity contribution in [2.45, 2.75) is 18.7 Å². The van der Waals surface area contributed by atoms with Crippen molar-refractivity contribution in [2.75, 3.05) is 6.26 Å². The third-order valence-electron chi connectivity index (χ3n) is 3.13. The molecule has 2 rings (SSSR count). The van der Waals surface area contributed by atoms with Gasteiger partial charge in [0.1, 0.15) is 11.5 Å². The van der Waals surface area contributed by atoms with Gasteiger partial charge in [0.05, 0.1) is 5.56 Å². The van der Waals surface area contributed by atoms with Crippen LogP contribution in [0.4, 0.5) is 0 Å². The Morgan fingerprint density at radius 1 is 1.13 bits per heavy atom. The van der Waals surface area contributed by atoms with Gasteiger partial charge >= 0.3 is 0 Å². The van der Waals surface area contributed by atoms with Crippen molar-refractivity contribution < 1.29 is 14.0 Å². The number of hydrogen-bond acceptors (Lipinski definition) is 4. The van der Waals surface area contributed by atoms with Gasteiger partial charge in [-0.3, -0.25) is 20.4 Å². The summed E-state index contributed by atoms with van der Waals surface area (Å²) in [6.45, 7) is 3.45. The smallest absolute Gasteiger partial charge is 0.273 e. The summed E-state index contributed by atoms with van der Waals surface area (Å²) in [5.41, 5.74) is 6.00. The Balaban J connectivity index is 1.88. The van der Waals surface area contributed by atoms with Gasteiger partial charge in [-0.1, -0.05) is 12.1 Å². The Kier molecular flexibility index (Phi) is 5.65. The highest BCUT2D eigenvalue weighted by Gasteiger charge is 2.13. The lowest BCUT2D eigenvalue weighted by molar-refractivity contribution is -0.117. The molecule has 2 amide bonds. The zero-order chi connectivity index (χ0) is 16.8. The molecule has 0 saturated carbocycles. The summed E-state index contributed by atoms with van der Waals surface area (Å²) in [7, 11) is 0. The average Bonchev–Trinajstić information content (AvgIpc) is 2.89. The van der Waals surface area contributed by atoms with E-state index in [1.807, 2.05) is 30.5 Å². The molecule has 2 aromatic rings. The molecule has 0 saturated heterocycles. The van der Waals surface area contributed by atoms with E-state index < -0.39 is 11.8 Å². The highest BCUT2D eigenvalue weighted by molar-refractivity contribution is 7.98. The fraction of sp³-hybridized carbons (Fsp3) is 0.176. The van der Waals surface area contributed by atoms with Crippen LogP contribution in [0.3, 0.4) is 0 Å². The van der Waals surface area contributed by atoms with Gasteiger partial charge < -0.3 is 4.42 Å². The fourth-order valence-corrected chi connectivity index (χ4v) is 2.38. The molecule has 0 bridgehead atoms. The van der Waals surface area contributed by atoms with Crippen LogP contribution in [0, 0.1) is 13.8 Å². The predicted octanol–water partition coefficient (Wildman–Crippen LogP) is 3.09. The van der Waals surface area contributed by atoms with Crippen molar-refractivity contribution in [3.8, 4) is 0 Å². The number of nitrogens with one attached hydrogen (secondary N) is 2. The second-order valence-electron chi connectivity index (χ2n) is 4.88. The lowest BCUT2D eigenvalue weighted by atomic mass is 10.2. The maximum atomic E-state index is 11.9. The summed E-state index contributed by atoms with van der Waals surface area (Å²) in [5.74, 6) is 0.335. The van der Waals surface area contributed by atoms with E-state index in [9.17, 15) is 9.59 Å². The Morgan fingerprint density at radius 2 is 1.83 bits per heavy atom. The lowest BCUT2D eigenvalue weighted by Gasteiger charge is -2.04. The van der Waals surface area contributed by atoms with Crippen LogP contribution in [0.25, 0.3) is 6.08 Å². The second-order valence-corrected chi connectivity index (χ2v) is 5.76. The summed E-state index contributed by atoms with van der Waals surface area (Å²) in [4.78, 5) is 24.8. The molecule has 0 atom stereocenters. The quantitative estimate of drug-likeness (QED) is 0.513. The second kappa shape index (κ2) is 7.69. The minimum atomic E-state index is -0.412. The number of rotatable bonds is 4. The van der Waals surface area contributed by atoms with Crippen LogP contribution < -0.4 is 10.9 Å². The van der Waals surface area contributed by atoms with Crippen LogP contribution >= 0.6 is 11.8 Å². The third-order valence-corrected chi connectivity index (χ3v) is 3.87. The van der Waals surface area contributed by atoms with Gasteiger partial charge in [0.15, 0.2) is 0 Å². The molecule has 120 valence electrons. The van der Waals surface area contributed by atoms with Crippen LogP contribution in [-0.4, -0.2) is 18.1 Å². The summed E-state index contributed by atoms with van der Waals surface area (Å²) < 4.78 is 5.28. The maximum absolute atomic E-state index is 11.9. The van der Waals surface area contributed by atoms with E-state index in [0.29, 0.717) is 17.1 Å². The summed E-state index contributed by atoms with van der Waals surface area (Å²) >= 11 is 1.66. The zero-order valence-corrected chi connectivity index (χ0v) is 14.0. The van der Waals surface area contributed by atoms with E-state index in [1.54, 1.807) is 37.8 Å². The molecule has 0 spiro atoms. The summed E-state index contributed by atoms with van der Waals surface area (Å²) in [5, 5.41) is 0. The SMILES string of the molecule is CSc1ccc(C=CC(=O)NNC(=O)c2cc(C)oc2C)cc1. The van der Waals surface area contributed by atoms with Gasteiger partial charge in [-0.25, -0.2) is 0 Å². The molecule has 0 unspecified atom stereocenters. The Bertz CT molecular complexity index is 733. The van der Waals surface area contributed by atoms with Gasteiger partial charge in [0.25, 0.3) is 11.8 Å². The molecule has 1 heterocycles. The van der Waals surface area contributed by atoms with E-state index in [-0.39, 0.29) is 0 Å². The van der Waals surface area contributed by atoms with Crippen molar-refractivity contribution >= 4 is 29.7 Å². The highest BCUT2D eigenvalue weighted by atomic mass is 32.2. The number of hydrogen-bond donors (Lipinski definition) is 2. The monoisotopic (exact) mass is 330 g/mol. The molecule has 23 heavy (non-hydrogen) atoms. The minimum absolute atomic E-state index is 0.402. The molecule has 1 aromatic carbocycles. The lowest BCUT2D eigenvalue weighted by Crippen LogP contribution is -2.40. The summed E-state index contributed by atoms with van der Waals surface area (Å²) in [6.07, 6.45) is 5.05. The first-order valence-electron chi connectivity index (χ1n) is 6.99. The van der Waals surface area contributed by atoms with Crippen LogP contribution in [0.1, 0.15) is 27.4 Å². The first-order valence-corrected chi connectivity index (χ1v) is 8.21.